The Hall–Kier alpha value is -2.37. The molecule has 114 valence electrons. The van der Waals surface area contributed by atoms with Crippen LogP contribution in [-0.2, 0) is 13.0 Å². The van der Waals surface area contributed by atoms with Gasteiger partial charge in [0.05, 0.1) is 24.1 Å². The Morgan fingerprint density at radius 3 is 3.00 bits per heavy atom. The van der Waals surface area contributed by atoms with E-state index in [1.165, 1.54) is 18.5 Å². The van der Waals surface area contributed by atoms with Gasteiger partial charge in [-0.2, -0.15) is 14.7 Å². The highest BCUT2D eigenvalue weighted by Gasteiger charge is 2.26. The van der Waals surface area contributed by atoms with Gasteiger partial charge in [0.2, 0.25) is 0 Å². The molecule has 3 aromatic heterocycles. The van der Waals surface area contributed by atoms with E-state index in [2.05, 4.69) is 51.3 Å². The van der Waals surface area contributed by atoms with Crippen LogP contribution >= 0.6 is 0 Å². The number of rotatable bonds is 5. The first-order valence-electron chi connectivity index (χ1n) is 7.83. The van der Waals surface area contributed by atoms with E-state index < -0.39 is 0 Å². The van der Waals surface area contributed by atoms with Crippen molar-refractivity contribution in [3.05, 3.63) is 41.5 Å². The number of nitrogens with one attached hydrogen (secondary N) is 1. The highest BCUT2D eigenvalue weighted by Crippen LogP contribution is 2.39. The molecular weight excluding hydrogens is 276 g/mol. The van der Waals surface area contributed by atoms with E-state index in [1.807, 2.05) is 10.6 Å². The lowest BCUT2D eigenvalue weighted by atomic mass is 10.2. The molecule has 3 heterocycles. The summed E-state index contributed by atoms with van der Waals surface area (Å²) in [5.74, 6) is 1.73. The van der Waals surface area contributed by atoms with E-state index in [0.717, 1.165) is 35.8 Å². The van der Waals surface area contributed by atoms with Crippen LogP contribution in [0.1, 0.15) is 42.8 Å². The maximum atomic E-state index is 4.59. The third-order valence-electron chi connectivity index (χ3n) is 4.20. The van der Waals surface area contributed by atoms with Crippen LogP contribution in [0, 0.1) is 0 Å². The van der Waals surface area contributed by atoms with Crippen molar-refractivity contribution in [2.45, 2.75) is 38.6 Å². The van der Waals surface area contributed by atoms with Crippen molar-refractivity contribution in [2.75, 3.05) is 11.9 Å². The first kappa shape index (κ1) is 13.3. The molecule has 0 atom stereocenters. The van der Waals surface area contributed by atoms with Gasteiger partial charge >= 0.3 is 0 Å². The summed E-state index contributed by atoms with van der Waals surface area (Å²) in [5, 5.41) is 12.0. The van der Waals surface area contributed by atoms with Gasteiger partial charge in [0.1, 0.15) is 5.82 Å². The third-order valence-corrected chi connectivity index (χ3v) is 4.20. The van der Waals surface area contributed by atoms with Crippen molar-refractivity contribution in [1.29, 1.82) is 0 Å². The summed E-state index contributed by atoms with van der Waals surface area (Å²) in [6.45, 7) is 2.90. The zero-order valence-electron chi connectivity index (χ0n) is 13.0. The number of aromatic nitrogens is 5. The highest BCUT2D eigenvalue weighted by atomic mass is 15.3. The molecule has 0 radical (unpaired) electrons. The first-order chi connectivity index (χ1) is 10.7. The van der Waals surface area contributed by atoms with Crippen LogP contribution in [0.2, 0.25) is 0 Å². The van der Waals surface area contributed by atoms with E-state index in [-0.39, 0.29) is 0 Å². The SMILES string of the molecule is CCc1cc(N(C)Cc2cc(C3CC3)n[nH]2)n2nccc2n1. The normalized spacial score (nSPS) is 14.6. The first-order valence-corrected chi connectivity index (χ1v) is 7.83. The largest absolute Gasteiger partial charge is 0.354 e. The minimum atomic E-state index is 0.681. The molecule has 22 heavy (non-hydrogen) atoms. The summed E-state index contributed by atoms with van der Waals surface area (Å²) < 4.78 is 1.89. The van der Waals surface area contributed by atoms with Crippen LogP contribution in [0.3, 0.4) is 0 Å². The average Bonchev–Trinajstić information content (AvgIpc) is 3.09. The van der Waals surface area contributed by atoms with Crippen molar-refractivity contribution in [1.82, 2.24) is 24.8 Å². The topological polar surface area (TPSA) is 62.1 Å². The summed E-state index contributed by atoms with van der Waals surface area (Å²) >= 11 is 0. The van der Waals surface area contributed by atoms with E-state index in [4.69, 9.17) is 0 Å². The van der Waals surface area contributed by atoms with Crippen LogP contribution in [0.15, 0.2) is 24.4 Å². The van der Waals surface area contributed by atoms with Gasteiger partial charge in [0.25, 0.3) is 0 Å². The van der Waals surface area contributed by atoms with Gasteiger partial charge in [-0.05, 0) is 25.3 Å². The molecular formula is C16H20N6. The fraction of sp³-hybridized carbons (Fsp3) is 0.438. The zero-order chi connectivity index (χ0) is 15.1. The number of hydrogen-bond acceptors (Lipinski definition) is 4. The van der Waals surface area contributed by atoms with Gasteiger partial charge < -0.3 is 4.90 Å². The number of aryl methyl sites for hydroxylation is 1. The fourth-order valence-corrected chi connectivity index (χ4v) is 2.79. The van der Waals surface area contributed by atoms with Gasteiger partial charge in [-0.15, -0.1) is 0 Å². The molecule has 1 saturated carbocycles. The zero-order valence-corrected chi connectivity index (χ0v) is 13.0. The summed E-state index contributed by atoms with van der Waals surface area (Å²) in [5.41, 5.74) is 4.32. The number of H-pyrrole nitrogens is 1. The number of fused-ring (bicyclic) bond motifs is 1. The predicted octanol–water partition coefficient (Wildman–Crippen LogP) is 2.53. The Kier molecular flexibility index (Phi) is 3.10. The molecule has 0 amide bonds. The monoisotopic (exact) mass is 296 g/mol. The smallest absolute Gasteiger partial charge is 0.157 e. The molecule has 0 saturated heterocycles. The van der Waals surface area contributed by atoms with Gasteiger partial charge in [0, 0.05) is 30.8 Å². The molecule has 1 aliphatic rings. The van der Waals surface area contributed by atoms with Crippen LogP contribution in [0.4, 0.5) is 5.82 Å². The molecule has 6 heteroatoms. The van der Waals surface area contributed by atoms with Crippen LogP contribution < -0.4 is 4.90 Å². The number of aromatic amines is 1. The van der Waals surface area contributed by atoms with E-state index in [9.17, 15) is 0 Å². The lowest BCUT2D eigenvalue weighted by Gasteiger charge is -2.19. The molecule has 0 unspecified atom stereocenters. The van der Waals surface area contributed by atoms with E-state index in [0.29, 0.717) is 5.92 Å². The van der Waals surface area contributed by atoms with Crippen LogP contribution in [-0.4, -0.2) is 31.8 Å². The Labute approximate surface area is 129 Å². The predicted molar refractivity (Wildman–Crippen MR) is 85.0 cm³/mol. The molecule has 0 aliphatic heterocycles. The second kappa shape index (κ2) is 5.12. The molecule has 1 N–H and O–H groups in total. The van der Waals surface area contributed by atoms with Crippen molar-refractivity contribution >= 4 is 11.5 Å². The second-order valence-corrected chi connectivity index (χ2v) is 6.01. The number of nitrogens with zero attached hydrogens (tertiary/aromatic N) is 5. The molecule has 3 aromatic rings. The Bertz CT molecular complexity index is 798. The molecule has 0 aromatic carbocycles. The molecule has 0 spiro atoms. The fourth-order valence-electron chi connectivity index (χ4n) is 2.79. The van der Waals surface area contributed by atoms with E-state index in [1.54, 1.807) is 6.20 Å². The molecule has 4 rings (SSSR count). The maximum Gasteiger partial charge on any atom is 0.157 e. The Morgan fingerprint density at radius 1 is 1.36 bits per heavy atom. The Morgan fingerprint density at radius 2 is 2.23 bits per heavy atom. The van der Waals surface area contributed by atoms with Crippen molar-refractivity contribution < 1.29 is 0 Å². The third kappa shape index (κ3) is 2.34. The van der Waals surface area contributed by atoms with Crippen molar-refractivity contribution in [3.63, 3.8) is 0 Å². The van der Waals surface area contributed by atoms with Crippen LogP contribution in [0.25, 0.3) is 5.65 Å². The lowest BCUT2D eigenvalue weighted by molar-refractivity contribution is 0.802. The van der Waals surface area contributed by atoms with Gasteiger partial charge in [-0.25, -0.2) is 4.98 Å². The summed E-state index contributed by atoms with van der Waals surface area (Å²) in [6.07, 6.45) is 5.26. The minimum Gasteiger partial charge on any atom is -0.354 e. The standard InChI is InChI=1S/C16H20N6/c1-3-12-9-16(22-15(18-12)6-7-17-22)21(2)10-13-8-14(20-19-13)11-4-5-11/h6-9,11H,3-5,10H2,1-2H3,(H,19,20). The maximum absolute atomic E-state index is 4.59. The number of hydrogen-bond donors (Lipinski definition) is 1. The summed E-state index contributed by atoms with van der Waals surface area (Å²) in [7, 11) is 2.08. The highest BCUT2D eigenvalue weighted by molar-refractivity contribution is 5.50. The van der Waals surface area contributed by atoms with Gasteiger partial charge in [0.15, 0.2) is 5.65 Å². The quantitative estimate of drug-likeness (QED) is 0.786. The van der Waals surface area contributed by atoms with Crippen molar-refractivity contribution in [2.24, 2.45) is 0 Å². The van der Waals surface area contributed by atoms with Gasteiger partial charge in [-0.3, -0.25) is 5.10 Å². The Balaban J connectivity index is 1.63. The summed E-state index contributed by atoms with van der Waals surface area (Å²) in [4.78, 5) is 6.78. The second-order valence-electron chi connectivity index (χ2n) is 6.01. The molecule has 1 aliphatic carbocycles. The summed E-state index contributed by atoms with van der Waals surface area (Å²) in [6, 6.07) is 6.24. The molecule has 0 bridgehead atoms. The average molecular weight is 296 g/mol. The van der Waals surface area contributed by atoms with Gasteiger partial charge in [-0.1, -0.05) is 6.92 Å². The lowest BCUT2D eigenvalue weighted by Crippen LogP contribution is -2.20. The van der Waals surface area contributed by atoms with Crippen LogP contribution in [0.5, 0.6) is 0 Å². The minimum absolute atomic E-state index is 0.681. The molecule has 6 nitrogen and oxygen atoms in total. The van der Waals surface area contributed by atoms with E-state index >= 15 is 0 Å². The molecule has 1 fully saturated rings. The van der Waals surface area contributed by atoms with Crippen molar-refractivity contribution in [3.8, 4) is 0 Å². The number of anilines is 1.